The summed E-state index contributed by atoms with van der Waals surface area (Å²) in [6.45, 7) is 13.9. The third-order valence-corrected chi connectivity index (χ3v) is 13.5. The van der Waals surface area contributed by atoms with Gasteiger partial charge in [0.15, 0.2) is 14.1 Å². The summed E-state index contributed by atoms with van der Waals surface area (Å²) >= 11 is 0. The Balaban J connectivity index is 1.92. The van der Waals surface area contributed by atoms with Crippen LogP contribution in [-0.4, -0.2) is 70.0 Å². The number of likely N-dealkylation sites (tertiary alicyclic amines) is 1. The Labute approximate surface area is 212 Å². The van der Waals surface area contributed by atoms with E-state index in [-0.39, 0.29) is 12.1 Å². The molecule has 3 aliphatic rings. The summed E-state index contributed by atoms with van der Waals surface area (Å²) in [6, 6.07) is 13.8. The molecule has 2 bridgehead atoms. The first kappa shape index (κ1) is 26.8. The van der Waals surface area contributed by atoms with Crippen molar-refractivity contribution in [2.75, 3.05) is 33.4 Å². The second-order valence-corrected chi connectivity index (χ2v) is 16.1. The molecule has 196 valence electrons. The van der Waals surface area contributed by atoms with Gasteiger partial charge >= 0.3 is 5.97 Å². The molecule has 0 radical (unpaired) electrons. The summed E-state index contributed by atoms with van der Waals surface area (Å²) < 4.78 is 25.7. The second-order valence-electron chi connectivity index (χ2n) is 11.4. The van der Waals surface area contributed by atoms with E-state index in [9.17, 15) is 4.79 Å². The van der Waals surface area contributed by atoms with Crippen LogP contribution in [0, 0.1) is 11.3 Å². The molecular formula is C28H45NO5Si. The largest absolute Gasteiger partial charge is 0.468 e. The number of nitrogens with zero attached hydrogens (tertiary/aromatic N) is 1. The van der Waals surface area contributed by atoms with E-state index in [1.54, 1.807) is 0 Å². The lowest BCUT2D eigenvalue weighted by atomic mass is 9.63. The number of rotatable bonds is 10. The van der Waals surface area contributed by atoms with Crippen molar-refractivity contribution in [2.24, 2.45) is 11.3 Å². The van der Waals surface area contributed by atoms with Crippen LogP contribution in [0.15, 0.2) is 30.3 Å². The van der Waals surface area contributed by atoms with Gasteiger partial charge in [-0.25, -0.2) is 0 Å². The summed E-state index contributed by atoms with van der Waals surface area (Å²) in [4.78, 5) is 16.4. The molecule has 2 aliphatic heterocycles. The van der Waals surface area contributed by atoms with E-state index in [0.717, 1.165) is 31.1 Å². The highest BCUT2D eigenvalue weighted by Gasteiger charge is 2.74. The van der Waals surface area contributed by atoms with Crippen LogP contribution in [0.1, 0.15) is 53.0 Å². The van der Waals surface area contributed by atoms with Crippen molar-refractivity contribution in [2.45, 2.75) is 89.4 Å². The van der Waals surface area contributed by atoms with Crippen molar-refractivity contribution in [3.05, 3.63) is 35.9 Å². The third-order valence-electron chi connectivity index (χ3n) is 8.90. The number of carbonyl (C=O) groups excluding carboxylic acids is 1. The van der Waals surface area contributed by atoms with Crippen LogP contribution in [0.2, 0.25) is 18.1 Å². The zero-order chi connectivity index (χ0) is 25.3. The Kier molecular flexibility index (Phi) is 7.85. The number of hydrogen-bond donors (Lipinski definition) is 0. The zero-order valence-corrected chi connectivity index (χ0v) is 23.6. The van der Waals surface area contributed by atoms with Gasteiger partial charge in [-0.2, -0.15) is 0 Å². The summed E-state index contributed by atoms with van der Waals surface area (Å²) in [7, 11) is -0.541. The van der Waals surface area contributed by atoms with E-state index in [0.29, 0.717) is 38.5 Å². The Bertz CT molecular complexity index is 861. The monoisotopic (exact) mass is 503 g/mol. The fraction of sp³-hybridized carbons (Fsp3) is 0.750. The quantitative estimate of drug-likeness (QED) is 0.330. The molecule has 2 saturated heterocycles. The molecule has 4 rings (SSSR count). The summed E-state index contributed by atoms with van der Waals surface area (Å²) in [5.74, 6) is -0.511. The van der Waals surface area contributed by atoms with Gasteiger partial charge in [0.1, 0.15) is 5.41 Å². The van der Waals surface area contributed by atoms with E-state index in [4.69, 9.17) is 18.6 Å². The Hall–Kier alpha value is -1.25. The van der Waals surface area contributed by atoms with Gasteiger partial charge in [0.25, 0.3) is 0 Å². The maximum absolute atomic E-state index is 13.8. The van der Waals surface area contributed by atoms with Crippen molar-refractivity contribution in [3.8, 4) is 0 Å². The molecule has 2 unspecified atom stereocenters. The minimum Gasteiger partial charge on any atom is -0.468 e. The van der Waals surface area contributed by atoms with E-state index in [2.05, 4.69) is 69.9 Å². The van der Waals surface area contributed by atoms with Crippen LogP contribution >= 0.6 is 0 Å². The topological polar surface area (TPSA) is 57.2 Å². The number of methoxy groups -OCH3 is 1. The maximum atomic E-state index is 13.8. The van der Waals surface area contributed by atoms with Gasteiger partial charge in [0, 0.05) is 25.9 Å². The number of esters is 1. The van der Waals surface area contributed by atoms with Gasteiger partial charge in [-0.3, -0.25) is 9.69 Å². The van der Waals surface area contributed by atoms with Crippen molar-refractivity contribution in [1.29, 1.82) is 0 Å². The molecule has 0 aromatic heterocycles. The van der Waals surface area contributed by atoms with Gasteiger partial charge in [-0.05, 0) is 36.0 Å². The van der Waals surface area contributed by atoms with Gasteiger partial charge in [0.05, 0.1) is 32.0 Å². The number of fused-ring (bicyclic) bond motifs is 2. The van der Waals surface area contributed by atoms with Crippen LogP contribution in [0.25, 0.3) is 0 Å². The first-order valence-corrected chi connectivity index (χ1v) is 16.1. The lowest BCUT2D eigenvalue weighted by Crippen LogP contribution is -2.67. The highest BCUT2D eigenvalue weighted by molar-refractivity contribution is 6.73. The lowest BCUT2D eigenvalue weighted by Gasteiger charge is -2.54. The first-order chi connectivity index (χ1) is 16.7. The standard InChI is InChI=1S/C28H45NO5Si/c1-7-35(8-2,9-3)34-24-26(25(30)31-6)19-28(32-15-16-33-28)20-27(24,29(21-26)18-22(4)5)17-23-13-11-10-12-14-23/h10-14,22,24H,7-9,15-21H2,1-6H3/t24-,26?,27?/m1/s1. The smallest absolute Gasteiger partial charge is 0.316 e. The highest BCUT2D eigenvalue weighted by atomic mass is 28.4. The molecule has 3 fully saturated rings. The molecule has 7 heteroatoms. The Morgan fingerprint density at radius 3 is 2.26 bits per heavy atom. The summed E-state index contributed by atoms with van der Waals surface area (Å²) in [6.07, 6.45) is 1.72. The summed E-state index contributed by atoms with van der Waals surface area (Å²) in [5, 5.41) is 0. The molecule has 6 nitrogen and oxygen atoms in total. The van der Waals surface area contributed by atoms with Crippen LogP contribution in [-0.2, 0) is 29.9 Å². The van der Waals surface area contributed by atoms with E-state index < -0.39 is 25.1 Å². The maximum Gasteiger partial charge on any atom is 0.316 e. The predicted octanol–water partition coefficient (Wildman–Crippen LogP) is 5.03. The van der Waals surface area contributed by atoms with Crippen LogP contribution in [0.5, 0.6) is 0 Å². The fourth-order valence-electron chi connectivity index (χ4n) is 7.15. The minimum atomic E-state index is -2.06. The first-order valence-electron chi connectivity index (χ1n) is 13.6. The van der Waals surface area contributed by atoms with E-state index in [1.165, 1.54) is 12.7 Å². The Morgan fingerprint density at radius 2 is 1.71 bits per heavy atom. The minimum absolute atomic E-state index is 0.185. The van der Waals surface area contributed by atoms with Crippen LogP contribution < -0.4 is 0 Å². The van der Waals surface area contributed by atoms with Gasteiger partial charge < -0.3 is 18.6 Å². The number of hydrogen-bond acceptors (Lipinski definition) is 6. The number of ether oxygens (including phenoxy) is 3. The highest BCUT2D eigenvalue weighted by Crippen LogP contribution is 2.61. The molecule has 35 heavy (non-hydrogen) atoms. The molecule has 0 amide bonds. The average molecular weight is 504 g/mol. The van der Waals surface area contributed by atoms with Crippen molar-refractivity contribution in [3.63, 3.8) is 0 Å². The fourth-order valence-corrected chi connectivity index (χ4v) is 10.1. The van der Waals surface area contributed by atoms with Gasteiger partial charge in [-0.15, -0.1) is 0 Å². The van der Waals surface area contributed by atoms with Crippen molar-refractivity contribution < 1.29 is 23.4 Å². The third kappa shape index (κ3) is 4.63. The SMILES string of the molecule is CC[Si](CC)(CC)O[C@@H]1C2(C(=O)OC)CN(CC(C)C)C1(Cc1ccccc1)CC1(C2)OCCO1. The molecule has 1 aliphatic carbocycles. The number of carbonyl (C=O) groups is 1. The van der Waals surface area contributed by atoms with E-state index in [1.807, 2.05) is 0 Å². The van der Waals surface area contributed by atoms with Crippen LogP contribution in [0.4, 0.5) is 0 Å². The second kappa shape index (κ2) is 10.2. The van der Waals surface area contributed by atoms with Crippen molar-refractivity contribution in [1.82, 2.24) is 4.90 Å². The van der Waals surface area contributed by atoms with Gasteiger partial charge in [0.2, 0.25) is 0 Å². The molecule has 1 spiro atoms. The molecule has 1 aromatic carbocycles. The molecule has 3 atom stereocenters. The molecular weight excluding hydrogens is 458 g/mol. The molecule has 0 N–H and O–H groups in total. The van der Waals surface area contributed by atoms with Crippen LogP contribution in [0.3, 0.4) is 0 Å². The van der Waals surface area contributed by atoms with E-state index >= 15 is 0 Å². The summed E-state index contributed by atoms with van der Waals surface area (Å²) in [5.41, 5.74) is 0.0150. The molecule has 2 heterocycles. The normalized spacial score (nSPS) is 30.3. The Morgan fingerprint density at radius 1 is 1.09 bits per heavy atom. The predicted molar refractivity (Wildman–Crippen MR) is 140 cm³/mol. The molecule has 1 saturated carbocycles. The average Bonchev–Trinajstić information content (AvgIpc) is 3.35. The number of benzene rings is 1. The van der Waals surface area contributed by atoms with Gasteiger partial charge in [-0.1, -0.05) is 65.0 Å². The zero-order valence-electron chi connectivity index (χ0n) is 22.6. The molecule has 1 aromatic rings. The lowest BCUT2D eigenvalue weighted by molar-refractivity contribution is -0.236. The van der Waals surface area contributed by atoms with Crippen molar-refractivity contribution >= 4 is 14.3 Å².